The zero-order valence-corrected chi connectivity index (χ0v) is 17.5. The van der Waals surface area contributed by atoms with Crippen molar-refractivity contribution in [3.05, 3.63) is 72.4 Å². The number of hydrogen-bond acceptors (Lipinski definition) is 7. The van der Waals surface area contributed by atoms with Gasteiger partial charge in [-0.1, -0.05) is 48.5 Å². The molecule has 0 bridgehead atoms. The average molecular weight is 431 g/mol. The third-order valence-corrected chi connectivity index (χ3v) is 7.58. The van der Waals surface area contributed by atoms with Crippen LogP contribution in [0.25, 0.3) is 5.57 Å². The van der Waals surface area contributed by atoms with Crippen molar-refractivity contribution in [3.8, 4) is 0 Å². The van der Waals surface area contributed by atoms with Crippen molar-refractivity contribution in [3.63, 3.8) is 0 Å². The van der Waals surface area contributed by atoms with Gasteiger partial charge in [-0.25, -0.2) is 9.98 Å². The van der Waals surface area contributed by atoms with Crippen LogP contribution in [0.4, 0.5) is 5.69 Å². The van der Waals surface area contributed by atoms with Crippen molar-refractivity contribution in [1.82, 2.24) is 4.90 Å². The summed E-state index contributed by atoms with van der Waals surface area (Å²) in [5.41, 5.74) is 2.49. The molecule has 4 aliphatic rings. The predicted molar refractivity (Wildman–Crippen MR) is 123 cm³/mol. The molecule has 2 fully saturated rings. The van der Waals surface area contributed by atoms with Crippen LogP contribution in [0.5, 0.6) is 0 Å². The molecule has 4 N–H and O–H groups in total. The Morgan fingerprint density at radius 2 is 1.75 bits per heavy atom. The summed E-state index contributed by atoms with van der Waals surface area (Å²) in [6, 6.07) is 19.8. The summed E-state index contributed by atoms with van der Waals surface area (Å²) in [5, 5.41) is 35.0. The largest absolute Gasteiger partial charge is 0.396 e. The monoisotopic (exact) mass is 430 g/mol. The lowest BCUT2D eigenvalue weighted by Gasteiger charge is -2.36. The van der Waals surface area contributed by atoms with Gasteiger partial charge in [0.25, 0.3) is 0 Å². The van der Waals surface area contributed by atoms with Crippen molar-refractivity contribution >= 4 is 23.4 Å². The van der Waals surface area contributed by atoms with Gasteiger partial charge in [-0.05, 0) is 35.6 Å². The lowest BCUT2D eigenvalue weighted by atomic mass is 9.91. The molecule has 2 aliphatic carbocycles. The Bertz CT molecular complexity index is 1100. The Labute approximate surface area is 186 Å². The van der Waals surface area contributed by atoms with Gasteiger partial charge in [0, 0.05) is 17.3 Å². The second-order valence-electron chi connectivity index (χ2n) is 9.19. The number of aliphatic hydroxyl groups is 3. The maximum Gasteiger partial charge on any atom is 0.136 e. The van der Waals surface area contributed by atoms with E-state index in [0.29, 0.717) is 6.42 Å². The highest BCUT2D eigenvalue weighted by atomic mass is 16.3. The third kappa shape index (κ3) is 2.78. The van der Waals surface area contributed by atoms with Crippen LogP contribution in [0.1, 0.15) is 12.0 Å². The summed E-state index contributed by atoms with van der Waals surface area (Å²) in [6.45, 7) is -0.116. The van der Waals surface area contributed by atoms with Crippen LogP contribution in [0.2, 0.25) is 0 Å². The number of hydrogen-bond donors (Lipinski definition) is 4. The first-order valence-electron chi connectivity index (χ1n) is 11.1. The van der Waals surface area contributed by atoms with E-state index < -0.39 is 17.6 Å². The Balaban J connectivity index is 1.39. The number of para-hydroxylation sites is 1. The van der Waals surface area contributed by atoms with Gasteiger partial charge in [0.05, 0.1) is 24.7 Å². The summed E-state index contributed by atoms with van der Waals surface area (Å²) < 4.78 is 0. The first-order valence-corrected chi connectivity index (χ1v) is 11.1. The fourth-order valence-corrected chi connectivity index (χ4v) is 5.85. The Hall–Kier alpha value is -3.00. The molecule has 2 aliphatic heterocycles. The number of fused-ring (bicyclic) bond motifs is 2. The number of benzene rings is 2. The second kappa shape index (κ2) is 7.27. The molecular weight excluding hydrogens is 404 g/mol. The van der Waals surface area contributed by atoms with Gasteiger partial charge < -0.3 is 25.5 Å². The summed E-state index contributed by atoms with van der Waals surface area (Å²) in [7, 11) is 0. The maximum absolute atomic E-state index is 10.9. The van der Waals surface area contributed by atoms with Crippen LogP contribution in [0, 0.1) is 17.3 Å². The van der Waals surface area contributed by atoms with E-state index in [1.807, 2.05) is 48.5 Å². The first kappa shape index (κ1) is 19.7. The smallest absolute Gasteiger partial charge is 0.136 e. The molecule has 0 radical (unpaired) electrons. The molecule has 7 atom stereocenters. The molecular formula is C25H26N4O3. The van der Waals surface area contributed by atoms with E-state index in [2.05, 4.69) is 33.5 Å². The number of anilines is 1. The molecule has 6 rings (SSSR count). The van der Waals surface area contributed by atoms with Crippen LogP contribution in [0.15, 0.2) is 76.8 Å². The zero-order valence-electron chi connectivity index (χ0n) is 17.5. The number of amidine groups is 1. The minimum atomic E-state index is -0.937. The highest BCUT2D eigenvalue weighted by Crippen LogP contribution is 2.65. The molecule has 7 heteroatoms. The molecule has 2 saturated carbocycles. The molecule has 0 aromatic heterocycles. The van der Waals surface area contributed by atoms with Gasteiger partial charge in [-0.15, -0.1) is 0 Å². The number of rotatable bonds is 4. The van der Waals surface area contributed by atoms with Crippen molar-refractivity contribution in [1.29, 1.82) is 0 Å². The predicted octanol–water partition coefficient (Wildman–Crippen LogP) is 1.94. The number of nitrogens with one attached hydrogen (secondary N) is 1. The normalized spacial score (nSPS) is 36.9. The van der Waals surface area contributed by atoms with Gasteiger partial charge in [-0.3, -0.25) is 0 Å². The van der Waals surface area contributed by atoms with Crippen molar-refractivity contribution < 1.29 is 15.3 Å². The van der Waals surface area contributed by atoms with E-state index in [1.54, 1.807) is 6.34 Å². The Kier molecular flexibility index (Phi) is 4.47. The molecule has 2 aromatic carbocycles. The zero-order chi connectivity index (χ0) is 21.9. The van der Waals surface area contributed by atoms with Crippen molar-refractivity contribution in [2.75, 3.05) is 11.9 Å². The lowest BCUT2D eigenvalue weighted by molar-refractivity contribution is -0.0411. The molecule has 2 unspecified atom stereocenters. The average Bonchev–Trinajstić information content (AvgIpc) is 3.38. The SMILES string of the molecule is OC[C@@]12C[C@@H]1[C@@H](N1C=C(c3ccccc3)C3C(Nc4ccccc4)=NC=NC31)[C@@H](O)[C@H]2O. The number of aliphatic imine (C=N–C) groups is 2. The van der Waals surface area contributed by atoms with E-state index in [0.717, 1.165) is 22.7 Å². The van der Waals surface area contributed by atoms with Crippen LogP contribution in [-0.2, 0) is 0 Å². The number of aliphatic hydroxyl groups excluding tert-OH is 3. The van der Waals surface area contributed by atoms with Crippen LogP contribution in [0.3, 0.4) is 0 Å². The standard InChI is InChI=1S/C25H26N4O3/c30-13-25-11-18(25)20(21(31)22(25)32)29-12-17(15-7-3-1-4-8-15)19-23(26-14-27-24(19)29)28-16-9-5-2-6-10-16/h1-10,12,14,18-22,24,30-32H,11,13H2,(H,26,27,28)/t18-,19?,20-,21-,22-,24?,25+/m1/s1. The van der Waals surface area contributed by atoms with E-state index in [4.69, 9.17) is 4.99 Å². The van der Waals surface area contributed by atoms with Crippen LogP contribution >= 0.6 is 0 Å². The summed E-state index contributed by atoms with van der Waals surface area (Å²) in [4.78, 5) is 11.4. The highest BCUT2D eigenvalue weighted by Gasteiger charge is 2.72. The second-order valence-corrected chi connectivity index (χ2v) is 9.19. The van der Waals surface area contributed by atoms with Crippen LogP contribution in [-0.4, -0.2) is 63.4 Å². The fourth-order valence-electron chi connectivity index (χ4n) is 5.85. The third-order valence-electron chi connectivity index (χ3n) is 7.58. The van der Waals surface area contributed by atoms with E-state index >= 15 is 0 Å². The van der Waals surface area contributed by atoms with Gasteiger partial charge in [0.15, 0.2) is 0 Å². The molecule has 0 spiro atoms. The Morgan fingerprint density at radius 3 is 2.44 bits per heavy atom. The molecule has 0 amide bonds. The van der Waals surface area contributed by atoms with Gasteiger partial charge in [0.1, 0.15) is 24.4 Å². The summed E-state index contributed by atoms with van der Waals surface area (Å²) >= 11 is 0. The van der Waals surface area contributed by atoms with Gasteiger partial charge >= 0.3 is 0 Å². The summed E-state index contributed by atoms with van der Waals surface area (Å²) in [6.07, 6.45) is 2.20. The lowest BCUT2D eigenvalue weighted by Crippen LogP contribution is -2.49. The molecule has 0 saturated heterocycles. The molecule has 2 aromatic rings. The Morgan fingerprint density at radius 1 is 1.03 bits per heavy atom. The van der Waals surface area contributed by atoms with Crippen molar-refractivity contribution in [2.45, 2.75) is 30.8 Å². The fraction of sp³-hybridized carbons (Fsp3) is 0.360. The van der Waals surface area contributed by atoms with Crippen molar-refractivity contribution in [2.24, 2.45) is 27.2 Å². The highest BCUT2D eigenvalue weighted by molar-refractivity contribution is 6.09. The first-order chi connectivity index (χ1) is 15.6. The molecule has 32 heavy (non-hydrogen) atoms. The molecule has 7 nitrogen and oxygen atoms in total. The summed E-state index contributed by atoms with van der Waals surface area (Å²) in [5.74, 6) is 0.685. The molecule has 2 heterocycles. The quantitative estimate of drug-likeness (QED) is 0.594. The van der Waals surface area contributed by atoms with Crippen LogP contribution < -0.4 is 5.32 Å². The van der Waals surface area contributed by atoms with Gasteiger partial charge in [0.2, 0.25) is 0 Å². The van der Waals surface area contributed by atoms with Gasteiger partial charge in [-0.2, -0.15) is 0 Å². The minimum absolute atomic E-state index is 0.0316. The maximum atomic E-state index is 10.9. The van der Waals surface area contributed by atoms with E-state index in [1.165, 1.54) is 0 Å². The minimum Gasteiger partial charge on any atom is -0.396 e. The van der Waals surface area contributed by atoms with E-state index in [9.17, 15) is 15.3 Å². The topological polar surface area (TPSA) is 101 Å². The van der Waals surface area contributed by atoms with E-state index in [-0.39, 0.29) is 30.7 Å². The number of nitrogens with zero attached hydrogens (tertiary/aromatic N) is 3. The molecule has 164 valence electrons.